The second-order valence-electron chi connectivity index (χ2n) is 5.13. The maximum absolute atomic E-state index is 5.65. The first kappa shape index (κ1) is 13.2. The zero-order valence-electron chi connectivity index (χ0n) is 11.8. The summed E-state index contributed by atoms with van der Waals surface area (Å²) in [7, 11) is 0. The molecule has 2 rings (SSSR count). The van der Waals surface area contributed by atoms with E-state index in [-0.39, 0.29) is 0 Å². The van der Waals surface area contributed by atoms with E-state index in [0.717, 1.165) is 25.9 Å². The molecule has 1 aromatic carbocycles. The minimum atomic E-state index is 0.770. The molecule has 0 aliphatic carbocycles. The minimum Gasteiger partial charge on any atom is -0.345 e. The average Bonchev–Trinajstić information content (AvgIpc) is 2.61. The van der Waals surface area contributed by atoms with Crippen LogP contribution in [0.4, 0.5) is 0 Å². The Labute approximate surface area is 110 Å². The number of benzene rings is 1. The van der Waals surface area contributed by atoms with Gasteiger partial charge < -0.3 is 10.3 Å². The van der Waals surface area contributed by atoms with Crippen LogP contribution in [0.25, 0.3) is 10.9 Å². The maximum Gasteiger partial charge on any atom is 0.0487 e. The van der Waals surface area contributed by atoms with Crippen molar-refractivity contribution in [2.24, 2.45) is 5.73 Å². The fourth-order valence-electron chi connectivity index (χ4n) is 2.76. The Balaban J connectivity index is 2.58. The van der Waals surface area contributed by atoms with Crippen molar-refractivity contribution >= 4 is 10.9 Å². The normalized spacial score (nSPS) is 11.3. The van der Waals surface area contributed by atoms with Gasteiger partial charge in [0.2, 0.25) is 0 Å². The van der Waals surface area contributed by atoms with Crippen molar-refractivity contribution in [2.45, 2.75) is 46.6 Å². The van der Waals surface area contributed by atoms with Crippen molar-refractivity contribution in [1.82, 2.24) is 4.57 Å². The number of hydrogen-bond donors (Lipinski definition) is 1. The molecule has 1 heterocycles. The molecule has 0 unspecified atom stereocenters. The fraction of sp³-hybridized carbons (Fsp3) is 0.500. The van der Waals surface area contributed by atoms with Gasteiger partial charge in [0.1, 0.15) is 0 Å². The molecule has 2 N–H and O–H groups in total. The number of nitrogens with two attached hydrogens (primary N) is 1. The molecule has 2 aromatic rings. The summed E-state index contributed by atoms with van der Waals surface area (Å²) in [6.45, 7) is 8.52. The van der Waals surface area contributed by atoms with Gasteiger partial charge >= 0.3 is 0 Å². The Hall–Kier alpha value is -1.28. The lowest BCUT2D eigenvalue weighted by atomic mass is 10.0. The van der Waals surface area contributed by atoms with Crippen LogP contribution in [0.5, 0.6) is 0 Å². The topological polar surface area (TPSA) is 30.9 Å². The van der Waals surface area contributed by atoms with E-state index in [9.17, 15) is 0 Å². The monoisotopic (exact) mass is 244 g/mol. The standard InChI is InChI=1S/C16H24N2/c1-4-10-18-13(3)14(6-5-9-17)15-8-7-12(2)11-16(15)18/h7-8,11H,4-6,9-10,17H2,1-3H3. The molecule has 1 aromatic heterocycles. The van der Waals surface area contributed by atoms with Gasteiger partial charge in [0.15, 0.2) is 0 Å². The van der Waals surface area contributed by atoms with Crippen LogP contribution < -0.4 is 5.73 Å². The van der Waals surface area contributed by atoms with Gasteiger partial charge in [0.25, 0.3) is 0 Å². The van der Waals surface area contributed by atoms with Crippen LogP contribution in [0.2, 0.25) is 0 Å². The van der Waals surface area contributed by atoms with Crippen molar-refractivity contribution in [2.75, 3.05) is 6.54 Å². The van der Waals surface area contributed by atoms with Gasteiger partial charge in [-0.2, -0.15) is 0 Å². The Morgan fingerprint density at radius 1 is 1.22 bits per heavy atom. The van der Waals surface area contributed by atoms with Crippen LogP contribution >= 0.6 is 0 Å². The van der Waals surface area contributed by atoms with E-state index in [1.54, 1.807) is 0 Å². The second-order valence-corrected chi connectivity index (χ2v) is 5.13. The van der Waals surface area contributed by atoms with E-state index in [1.807, 2.05) is 0 Å². The quantitative estimate of drug-likeness (QED) is 0.856. The zero-order chi connectivity index (χ0) is 13.1. The van der Waals surface area contributed by atoms with Crippen molar-refractivity contribution in [3.05, 3.63) is 35.0 Å². The molecule has 0 saturated heterocycles. The van der Waals surface area contributed by atoms with Crippen LogP contribution in [0.1, 0.15) is 36.6 Å². The van der Waals surface area contributed by atoms with E-state index in [1.165, 1.54) is 34.1 Å². The number of hydrogen-bond acceptors (Lipinski definition) is 1. The molecule has 0 atom stereocenters. The van der Waals surface area contributed by atoms with E-state index in [0.29, 0.717) is 0 Å². The molecular weight excluding hydrogens is 220 g/mol. The highest BCUT2D eigenvalue weighted by molar-refractivity contribution is 5.86. The molecule has 0 fully saturated rings. The number of aryl methyl sites for hydroxylation is 3. The Morgan fingerprint density at radius 2 is 2.00 bits per heavy atom. The molecule has 18 heavy (non-hydrogen) atoms. The Bertz CT molecular complexity index is 538. The van der Waals surface area contributed by atoms with Crippen molar-refractivity contribution < 1.29 is 0 Å². The lowest BCUT2D eigenvalue weighted by Crippen LogP contribution is -2.02. The lowest BCUT2D eigenvalue weighted by molar-refractivity contribution is 0.679. The molecule has 0 amide bonds. The third-order valence-corrected chi connectivity index (χ3v) is 3.69. The first-order valence-corrected chi connectivity index (χ1v) is 6.97. The summed E-state index contributed by atoms with van der Waals surface area (Å²) in [5, 5.41) is 1.42. The molecule has 0 spiro atoms. The minimum absolute atomic E-state index is 0.770. The third kappa shape index (κ3) is 2.30. The smallest absolute Gasteiger partial charge is 0.0487 e. The van der Waals surface area contributed by atoms with Gasteiger partial charge in [-0.3, -0.25) is 0 Å². The van der Waals surface area contributed by atoms with Gasteiger partial charge in [0.05, 0.1) is 0 Å². The Kier molecular flexibility index (Phi) is 4.07. The molecule has 0 radical (unpaired) electrons. The number of fused-ring (bicyclic) bond motifs is 1. The first-order chi connectivity index (χ1) is 8.69. The molecule has 0 saturated carbocycles. The summed E-state index contributed by atoms with van der Waals surface area (Å²) in [6, 6.07) is 6.80. The highest BCUT2D eigenvalue weighted by atomic mass is 15.0. The van der Waals surface area contributed by atoms with Crippen LogP contribution in [-0.4, -0.2) is 11.1 Å². The van der Waals surface area contributed by atoms with Gasteiger partial charge in [-0.05, 0) is 56.8 Å². The van der Waals surface area contributed by atoms with E-state index in [4.69, 9.17) is 5.73 Å². The van der Waals surface area contributed by atoms with E-state index in [2.05, 4.69) is 43.5 Å². The molecule has 98 valence electrons. The fourth-order valence-corrected chi connectivity index (χ4v) is 2.76. The summed E-state index contributed by atoms with van der Waals surface area (Å²) >= 11 is 0. The van der Waals surface area contributed by atoms with Gasteiger partial charge in [0, 0.05) is 23.1 Å². The van der Waals surface area contributed by atoms with Gasteiger partial charge in [-0.25, -0.2) is 0 Å². The summed E-state index contributed by atoms with van der Waals surface area (Å²) in [4.78, 5) is 0. The first-order valence-electron chi connectivity index (χ1n) is 6.97. The SMILES string of the molecule is CCCn1c(C)c(CCCN)c2ccc(C)cc21. The maximum atomic E-state index is 5.65. The molecule has 0 aliphatic rings. The molecular formula is C16H24N2. The predicted molar refractivity (Wildman–Crippen MR) is 79.1 cm³/mol. The summed E-state index contributed by atoms with van der Waals surface area (Å²) in [6.07, 6.45) is 3.34. The Morgan fingerprint density at radius 3 is 2.67 bits per heavy atom. The lowest BCUT2D eigenvalue weighted by Gasteiger charge is -2.07. The molecule has 0 aliphatic heterocycles. The highest BCUT2D eigenvalue weighted by Gasteiger charge is 2.12. The molecule has 0 bridgehead atoms. The molecule has 2 nitrogen and oxygen atoms in total. The second kappa shape index (κ2) is 5.57. The zero-order valence-corrected chi connectivity index (χ0v) is 11.8. The summed E-state index contributed by atoms with van der Waals surface area (Å²) in [5.74, 6) is 0. The highest BCUT2D eigenvalue weighted by Crippen LogP contribution is 2.28. The number of aromatic nitrogens is 1. The largest absolute Gasteiger partial charge is 0.345 e. The van der Waals surface area contributed by atoms with E-state index >= 15 is 0 Å². The van der Waals surface area contributed by atoms with Crippen LogP contribution in [-0.2, 0) is 13.0 Å². The van der Waals surface area contributed by atoms with Crippen molar-refractivity contribution in [3.63, 3.8) is 0 Å². The average molecular weight is 244 g/mol. The number of nitrogens with zero attached hydrogens (tertiary/aromatic N) is 1. The number of rotatable bonds is 5. The summed E-state index contributed by atoms with van der Waals surface area (Å²) < 4.78 is 2.47. The molecule has 2 heteroatoms. The predicted octanol–water partition coefficient (Wildman–Crippen LogP) is 3.56. The van der Waals surface area contributed by atoms with Crippen molar-refractivity contribution in [3.8, 4) is 0 Å². The van der Waals surface area contributed by atoms with Gasteiger partial charge in [-0.15, -0.1) is 0 Å². The van der Waals surface area contributed by atoms with Crippen LogP contribution in [0, 0.1) is 13.8 Å². The summed E-state index contributed by atoms with van der Waals surface area (Å²) in [5.41, 5.74) is 11.3. The van der Waals surface area contributed by atoms with Gasteiger partial charge in [-0.1, -0.05) is 19.1 Å². The third-order valence-electron chi connectivity index (χ3n) is 3.69. The van der Waals surface area contributed by atoms with Crippen molar-refractivity contribution in [1.29, 1.82) is 0 Å². The van der Waals surface area contributed by atoms with Crippen LogP contribution in [0.3, 0.4) is 0 Å². The van der Waals surface area contributed by atoms with Crippen LogP contribution in [0.15, 0.2) is 18.2 Å². The van der Waals surface area contributed by atoms with E-state index < -0.39 is 0 Å².